The van der Waals surface area contributed by atoms with Gasteiger partial charge in [-0.2, -0.15) is 0 Å². The molecule has 2 atom stereocenters. The van der Waals surface area contributed by atoms with Crippen molar-refractivity contribution in [3.8, 4) is 17.0 Å². The minimum atomic E-state index is -1.60. The number of aliphatic hydroxyl groups is 1. The maximum Gasteiger partial charge on any atom is 0.220 e. The first kappa shape index (κ1) is 27.3. The second-order valence-corrected chi connectivity index (χ2v) is 11.3. The predicted molar refractivity (Wildman–Crippen MR) is 146 cm³/mol. The van der Waals surface area contributed by atoms with Crippen molar-refractivity contribution in [1.82, 2.24) is 15.0 Å². The minimum absolute atomic E-state index is 0.0255. The fourth-order valence-electron chi connectivity index (χ4n) is 5.21. The first-order valence-corrected chi connectivity index (χ1v) is 14.2. The van der Waals surface area contributed by atoms with Gasteiger partial charge in [-0.1, -0.05) is 13.0 Å². The summed E-state index contributed by atoms with van der Waals surface area (Å²) in [4.78, 5) is 15.1. The number of piperidine rings is 1. The molecule has 1 saturated heterocycles. The van der Waals surface area contributed by atoms with Crippen LogP contribution in [0.4, 0.5) is 14.6 Å². The van der Waals surface area contributed by atoms with Crippen LogP contribution in [0.5, 0.6) is 5.75 Å². The Labute approximate surface area is 227 Å². The van der Waals surface area contributed by atoms with E-state index in [1.807, 2.05) is 11.8 Å². The van der Waals surface area contributed by atoms with Crippen molar-refractivity contribution in [1.29, 1.82) is 0 Å². The zero-order chi connectivity index (χ0) is 27.9. The van der Waals surface area contributed by atoms with Crippen LogP contribution in [0.1, 0.15) is 32.3 Å². The fraction of sp³-hybridized carbons (Fsp3) is 0.393. The summed E-state index contributed by atoms with van der Waals surface area (Å²) in [5, 5.41) is 12.2. The molecule has 2 aromatic carbocycles. The number of rotatable bonds is 7. The summed E-state index contributed by atoms with van der Waals surface area (Å²) in [6, 6.07) is 6.36. The smallest absolute Gasteiger partial charge is 0.220 e. The highest BCUT2D eigenvalue weighted by Gasteiger charge is 2.31. The Hall–Kier alpha value is -3.28. The monoisotopic (exact) mass is 556 g/mol. The van der Waals surface area contributed by atoms with Crippen LogP contribution < -0.4 is 9.64 Å². The molecule has 1 aliphatic heterocycles. The lowest BCUT2D eigenvalue weighted by Crippen LogP contribution is -2.46. The number of ether oxygens (including phenoxy) is 2. The standard InChI is InChI=1S/C28H30F2N4O4S/c1-5-18-21(29)8-7-16-11-17(38-15-37-3)12-19(22(16)18)24-23(30)25-20(13-31-24)26(33-27(32-25)39(4)36)34-10-6-9-28(2,35)14-34/h7-8,11-13,35H,5-6,9-10,14-15H2,1-4H3/t28-,39?/m1/s1. The van der Waals surface area contributed by atoms with Crippen LogP contribution in [0, 0.1) is 11.6 Å². The number of hydrogen-bond donors (Lipinski definition) is 1. The topological polar surface area (TPSA) is 97.7 Å². The maximum absolute atomic E-state index is 16.5. The number of benzene rings is 2. The molecule has 1 fully saturated rings. The summed E-state index contributed by atoms with van der Waals surface area (Å²) < 4.78 is 54.5. The van der Waals surface area contributed by atoms with E-state index in [1.54, 1.807) is 25.1 Å². The van der Waals surface area contributed by atoms with Crippen LogP contribution >= 0.6 is 0 Å². The first-order chi connectivity index (χ1) is 18.6. The van der Waals surface area contributed by atoms with Gasteiger partial charge in [-0.15, -0.1) is 0 Å². The quantitative estimate of drug-likeness (QED) is 0.257. The normalized spacial score (nSPS) is 18.6. The van der Waals surface area contributed by atoms with Crippen molar-refractivity contribution >= 4 is 38.3 Å². The largest absolute Gasteiger partial charge is 0.468 e. The highest BCUT2D eigenvalue weighted by atomic mass is 32.2. The Balaban J connectivity index is 1.78. The number of halogens is 2. The lowest BCUT2D eigenvalue weighted by Gasteiger charge is -2.37. The van der Waals surface area contributed by atoms with Crippen LogP contribution in [-0.2, 0) is 22.0 Å². The van der Waals surface area contributed by atoms with E-state index in [2.05, 4.69) is 15.0 Å². The lowest BCUT2D eigenvalue weighted by atomic mass is 9.94. The van der Waals surface area contributed by atoms with Crippen LogP contribution in [0.15, 0.2) is 35.6 Å². The molecule has 39 heavy (non-hydrogen) atoms. The molecular weight excluding hydrogens is 526 g/mol. The number of methoxy groups -OCH3 is 1. The Morgan fingerprint density at radius 1 is 1.23 bits per heavy atom. The van der Waals surface area contributed by atoms with Gasteiger partial charge >= 0.3 is 0 Å². The molecule has 1 aliphatic rings. The van der Waals surface area contributed by atoms with E-state index in [-0.39, 0.29) is 29.7 Å². The van der Waals surface area contributed by atoms with E-state index in [4.69, 9.17) is 9.47 Å². The number of fused-ring (bicyclic) bond motifs is 2. The number of pyridine rings is 1. The second-order valence-electron chi connectivity index (χ2n) is 9.99. The second kappa shape index (κ2) is 10.7. The summed E-state index contributed by atoms with van der Waals surface area (Å²) in [6.45, 7) is 4.41. The molecule has 4 aromatic rings. The van der Waals surface area contributed by atoms with Crippen molar-refractivity contribution in [3.05, 3.63) is 47.7 Å². The van der Waals surface area contributed by atoms with E-state index in [0.717, 1.165) is 0 Å². The molecule has 11 heteroatoms. The molecule has 0 spiro atoms. The van der Waals surface area contributed by atoms with Gasteiger partial charge in [0.1, 0.15) is 28.6 Å². The Morgan fingerprint density at radius 3 is 2.72 bits per heavy atom. The molecule has 0 saturated carbocycles. The van der Waals surface area contributed by atoms with Gasteiger partial charge in [0.05, 0.1) is 21.8 Å². The van der Waals surface area contributed by atoms with E-state index >= 15 is 4.39 Å². The zero-order valence-electron chi connectivity index (χ0n) is 22.3. The van der Waals surface area contributed by atoms with E-state index in [0.29, 0.717) is 64.7 Å². The highest BCUT2D eigenvalue weighted by Crippen LogP contribution is 2.39. The summed E-state index contributed by atoms with van der Waals surface area (Å²) in [7, 11) is -0.107. The Kier molecular flexibility index (Phi) is 7.49. The van der Waals surface area contributed by atoms with Crippen LogP contribution in [-0.4, -0.2) is 63.1 Å². The van der Waals surface area contributed by atoms with Gasteiger partial charge in [0.2, 0.25) is 5.16 Å². The summed E-state index contributed by atoms with van der Waals surface area (Å²) in [5.41, 5.74) is -0.272. The van der Waals surface area contributed by atoms with Crippen molar-refractivity contribution in [3.63, 3.8) is 0 Å². The van der Waals surface area contributed by atoms with Crippen molar-refractivity contribution in [2.24, 2.45) is 0 Å². The number of hydrogen-bond acceptors (Lipinski definition) is 8. The van der Waals surface area contributed by atoms with Crippen LogP contribution in [0.2, 0.25) is 0 Å². The molecule has 0 radical (unpaired) electrons. The molecule has 8 nitrogen and oxygen atoms in total. The molecule has 206 valence electrons. The van der Waals surface area contributed by atoms with Crippen molar-refractivity contribution in [2.75, 3.05) is 38.1 Å². The predicted octanol–water partition coefficient (Wildman–Crippen LogP) is 4.76. The summed E-state index contributed by atoms with van der Waals surface area (Å²) >= 11 is 0. The lowest BCUT2D eigenvalue weighted by molar-refractivity contribution is 0.0447. The third kappa shape index (κ3) is 5.18. The van der Waals surface area contributed by atoms with Gasteiger partial charge in [-0.25, -0.2) is 18.7 Å². The Morgan fingerprint density at radius 2 is 2.03 bits per heavy atom. The number of anilines is 1. The molecule has 0 bridgehead atoms. The average Bonchev–Trinajstić information content (AvgIpc) is 2.90. The van der Waals surface area contributed by atoms with Gasteiger partial charge in [-0.3, -0.25) is 9.19 Å². The number of aromatic nitrogens is 3. The van der Waals surface area contributed by atoms with E-state index < -0.39 is 28.0 Å². The first-order valence-electron chi connectivity index (χ1n) is 12.7. The zero-order valence-corrected chi connectivity index (χ0v) is 23.1. The average molecular weight is 557 g/mol. The molecule has 1 N–H and O–H groups in total. The van der Waals surface area contributed by atoms with Crippen molar-refractivity contribution < 1.29 is 27.6 Å². The highest BCUT2D eigenvalue weighted by molar-refractivity contribution is 7.84. The van der Waals surface area contributed by atoms with Gasteiger partial charge in [-0.05, 0) is 60.7 Å². The van der Waals surface area contributed by atoms with Gasteiger partial charge in [0.25, 0.3) is 0 Å². The van der Waals surface area contributed by atoms with E-state index in [9.17, 15) is 13.7 Å². The number of nitrogens with zero attached hydrogens (tertiary/aromatic N) is 4. The van der Waals surface area contributed by atoms with Crippen LogP contribution in [0.25, 0.3) is 32.9 Å². The van der Waals surface area contributed by atoms with Gasteiger partial charge in [0, 0.05) is 38.2 Å². The van der Waals surface area contributed by atoms with Crippen molar-refractivity contribution in [2.45, 2.75) is 43.9 Å². The third-order valence-electron chi connectivity index (χ3n) is 6.97. The molecule has 0 amide bonds. The molecular formula is C28H30F2N4O4S. The molecule has 2 aromatic heterocycles. The van der Waals surface area contributed by atoms with E-state index in [1.165, 1.54) is 25.6 Å². The Bertz CT molecular complexity index is 1600. The minimum Gasteiger partial charge on any atom is -0.468 e. The number of aryl methyl sites for hydroxylation is 1. The molecule has 0 aliphatic carbocycles. The maximum atomic E-state index is 16.5. The van der Waals surface area contributed by atoms with Crippen LogP contribution in [0.3, 0.4) is 0 Å². The third-order valence-corrected chi connectivity index (χ3v) is 7.67. The number of β-amino-alcohol motifs (C(OH)–C–C–N with tert-alkyl or cyclic N) is 1. The van der Waals surface area contributed by atoms with Gasteiger partial charge in [0.15, 0.2) is 12.6 Å². The summed E-state index contributed by atoms with van der Waals surface area (Å²) in [6.07, 6.45) is 4.62. The van der Waals surface area contributed by atoms with Gasteiger partial charge < -0.3 is 19.5 Å². The summed E-state index contributed by atoms with van der Waals surface area (Å²) in [5.74, 6) is -0.374. The SMILES string of the molecule is CCc1c(F)ccc2cc(OCOC)cc(-c3ncc4c(N5CCC[C@@](C)(O)C5)nc(S(C)=O)nc4c3F)c12. The molecule has 1 unspecified atom stereocenters. The molecule has 5 rings (SSSR count). The fourth-order valence-corrected chi connectivity index (χ4v) is 5.65. The molecule has 3 heterocycles.